The number of sulfonamides is 1. The molecule has 2 aromatic rings. The molecule has 6 nitrogen and oxygen atoms in total. The molecule has 2 aromatic carbocycles. The minimum absolute atomic E-state index is 0.0504. The van der Waals surface area contributed by atoms with E-state index in [1.165, 1.54) is 23.4 Å². The average molecular weight is 401 g/mol. The van der Waals surface area contributed by atoms with E-state index in [1.54, 1.807) is 36.4 Å². The van der Waals surface area contributed by atoms with E-state index in [9.17, 15) is 18.0 Å². The summed E-state index contributed by atoms with van der Waals surface area (Å²) in [6, 6.07) is 12.6. The Morgan fingerprint density at radius 3 is 2.46 bits per heavy atom. The second-order valence-corrected chi connectivity index (χ2v) is 8.97. The van der Waals surface area contributed by atoms with Gasteiger partial charge in [0.2, 0.25) is 10.0 Å². The lowest BCUT2D eigenvalue weighted by molar-refractivity contribution is 0.101. The van der Waals surface area contributed by atoms with Gasteiger partial charge in [-0.25, -0.2) is 8.42 Å². The van der Waals surface area contributed by atoms with Gasteiger partial charge in [-0.3, -0.25) is 9.59 Å². The second kappa shape index (κ2) is 8.24. The van der Waals surface area contributed by atoms with E-state index in [1.807, 2.05) is 6.92 Å². The molecule has 1 amide bonds. The number of carbonyl (C=O) groups is 2. The number of piperidine rings is 1. The minimum Gasteiger partial charge on any atom is -0.322 e. The summed E-state index contributed by atoms with van der Waals surface area (Å²) in [5.74, 6) is -0.524. The molecule has 1 atom stereocenters. The summed E-state index contributed by atoms with van der Waals surface area (Å²) in [4.78, 5) is 24.2. The van der Waals surface area contributed by atoms with Gasteiger partial charge >= 0.3 is 0 Å². The van der Waals surface area contributed by atoms with Crippen molar-refractivity contribution < 1.29 is 18.0 Å². The summed E-state index contributed by atoms with van der Waals surface area (Å²) in [6.45, 7) is 3.86. The predicted octanol–water partition coefficient (Wildman–Crippen LogP) is 3.70. The fraction of sp³-hybridized carbons (Fsp3) is 0.333. The van der Waals surface area contributed by atoms with Gasteiger partial charge in [-0.05, 0) is 57.0 Å². The Bertz CT molecular complexity index is 1000. The van der Waals surface area contributed by atoms with Gasteiger partial charge in [0.25, 0.3) is 5.91 Å². The summed E-state index contributed by atoms with van der Waals surface area (Å²) in [7, 11) is -3.65. The van der Waals surface area contributed by atoms with Crippen molar-refractivity contribution in [3.63, 3.8) is 0 Å². The van der Waals surface area contributed by atoms with E-state index in [2.05, 4.69) is 5.32 Å². The van der Waals surface area contributed by atoms with Crippen LogP contribution in [0.3, 0.4) is 0 Å². The Hall–Kier alpha value is -2.51. The lowest BCUT2D eigenvalue weighted by Gasteiger charge is -2.32. The number of hydrogen-bond donors (Lipinski definition) is 1. The molecule has 1 N–H and O–H groups in total. The van der Waals surface area contributed by atoms with Gasteiger partial charge in [0.15, 0.2) is 5.78 Å². The number of carbonyl (C=O) groups excluding carboxylic acids is 2. The molecular weight excluding hydrogens is 376 g/mol. The zero-order chi connectivity index (χ0) is 20.3. The number of hydrogen-bond acceptors (Lipinski definition) is 4. The van der Waals surface area contributed by atoms with E-state index >= 15 is 0 Å². The number of Topliss-reactive ketones (excluding diaryl/α,β-unsaturated/α-hetero) is 1. The van der Waals surface area contributed by atoms with Crippen molar-refractivity contribution in [3.05, 3.63) is 59.7 Å². The molecule has 28 heavy (non-hydrogen) atoms. The number of nitrogens with zero attached hydrogens (tertiary/aromatic N) is 1. The van der Waals surface area contributed by atoms with Crippen LogP contribution in [0, 0.1) is 0 Å². The van der Waals surface area contributed by atoms with Crippen LogP contribution in [-0.4, -0.2) is 37.0 Å². The first-order valence-electron chi connectivity index (χ1n) is 9.33. The fourth-order valence-corrected chi connectivity index (χ4v) is 5.13. The van der Waals surface area contributed by atoms with Crippen molar-refractivity contribution in [3.8, 4) is 0 Å². The molecule has 0 saturated carbocycles. The van der Waals surface area contributed by atoms with Gasteiger partial charge in [0.05, 0.1) is 4.90 Å². The third-order valence-corrected chi connectivity index (χ3v) is 6.98. The summed E-state index contributed by atoms with van der Waals surface area (Å²) in [5.41, 5.74) is 1.22. The maximum Gasteiger partial charge on any atom is 0.255 e. The van der Waals surface area contributed by atoms with Crippen LogP contribution in [0.5, 0.6) is 0 Å². The highest BCUT2D eigenvalue weighted by molar-refractivity contribution is 7.89. The topological polar surface area (TPSA) is 83.5 Å². The van der Waals surface area contributed by atoms with Gasteiger partial charge in [-0.15, -0.1) is 0 Å². The molecule has 0 aliphatic carbocycles. The fourth-order valence-electron chi connectivity index (χ4n) is 3.38. The van der Waals surface area contributed by atoms with Gasteiger partial charge < -0.3 is 5.32 Å². The van der Waals surface area contributed by atoms with Crippen molar-refractivity contribution in [2.45, 2.75) is 44.0 Å². The molecule has 7 heteroatoms. The largest absolute Gasteiger partial charge is 0.322 e. The molecule has 1 aliphatic heterocycles. The number of anilines is 1. The Balaban J connectivity index is 1.83. The van der Waals surface area contributed by atoms with Gasteiger partial charge in [-0.2, -0.15) is 4.31 Å². The van der Waals surface area contributed by atoms with Crippen molar-refractivity contribution in [1.82, 2.24) is 4.31 Å². The van der Waals surface area contributed by atoms with E-state index < -0.39 is 15.9 Å². The van der Waals surface area contributed by atoms with Crippen LogP contribution in [-0.2, 0) is 10.0 Å². The highest BCUT2D eigenvalue weighted by Crippen LogP contribution is 2.25. The van der Waals surface area contributed by atoms with Gasteiger partial charge in [0, 0.05) is 29.4 Å². The van der Waals surface area contributed by atoms with Crippen LogP contribution in [0.4, 0.5) is 5.69 Å². The van der Waals surface area contributed by atoms with Crippen molar-refractivity contribution in [1.29, 1.82) is 0 Å². The first-order valence-corrected chi connectivity index (χ1v) is 10.8. The quantitative estimate of drug-likeness (QED) is 0.776. The highest BCUT2D eigenvalue weighted by Gasteiger charge is 2.31. The molecule has 1 heterocycles. The number of benzene rings is 2. The summed E-state index contributed by atoms with van der Waals surface area (Å²) in [5, 5.41) is 2.72. The molecule has 0 bridgehead atoms. The first-order chi connectivity index (χ1) is 13.3. The summed E-state index contributed by atoms with van der Waals surface area (Å²) < 4.78 is 27.5. The lowest BCUT2D eigenvalue weighted by atomic mass is 10.1. The molecule has 1 unspecified atom stereocenters. The Labute approximate surface area is 165 Å². The molecule has 3 rings (SSSR count). The maximum atomic E-state index is 13.0. The zero-order valence-electron chi connectivity index (χ0n) is 16.0. The third-order valence-electron chi connectivity index (χ3n) is 4.97. The van der Waals surface area contributed by atoms with Crippen LogP contribution in [0.2, 0.25) is 0 Å². The lowest BCUT2D eigenvalue weighted by Crippen LogP contribution is -2.41. The van der Waals surface area contributed by atoms with Crippen LogP contribution in [0.1, 0.15) is 53.8 Å². The molecular formula is C21H24N2O4S. The summed E-state index contributed by atoms with van der Waals surface area (Å²) in [6.07, 6.45) is 2.71. The molecule has 0 radical (unpaired) electrons. The minimum atomic E-state index is -3.65. The SMILES string of the molecule is CC(=O)c1cccc(NC(=O)c2cccc(S(=O)(=O)N3CCCCC3C)c2)c1. The van der Waals surface area contributed by atoms with Gasteiger partial charge in [-0.1, -0.05) is 24.6 Å². The summed E-state index contributed by atoms with van der Waals surface area (Å²) >= 11 is 0. The Kier molecular flexibility index (Phi) is 5.96. The van der Waals surface area contributed by atoms with E-state index in [0.29, 0.717) is 17.8 Å². The Morgan fingerprint density at radius 2 is 1.75 bits per heavy atom. The molecule has 148 valence electrons. The maximum absolute atomic E-state index is 13.0. The van der Waals surface area contributed by atoms with Crippen molar-refractivity contribution >= 4 is 27.4 Å². The van der Waals surface area contributed by atoms with Crippen LogP contribution < -0.4 is 5.32 Å². The van der Waals surface area contributed by atoms with Crippen molar-refractivity contribution in [2.75, 3.05) is 11.9 Å². The van der Waals surface area contributed by atoms with Crippen LogP contribution in [0.25, 0.3) is 0 Å². The normalized spacial score (nSPS) is 17.9. The van der Waals surface area contributed by atoms with Crippen LogP contribution in [0.15, 0.2) is 53.4 Å². The van der Waals surface area contributed by atoms with Gasteiger partial charge in [0.1, 0.15) is 0 Å². The number of amides is 1. The molecule has 0 spiro atoms. The average Bonchev–Trinajstić information content (AvgIpc) is 2.68. The highest BCUT2D eigenvalue weighted by atomic mass is 32.2. The van der Waals surface area contributed by atoms with E-state index in [4.69, 9.17) is 0 Å². The van der Waals surface area contributed by atoms with E-state index in [0.717, 1.165) is 19.3 Å². The second-order valence-electron chi connectivity index (χ2n) is 7.08. The third kappa shape index (κ3) is 4.31. The van der Waals surface area contributed by atoms with Crippen molar-refractivity contribution in [2.24, 2.45) is 0 Å². The van der Waals surface area contributed by atoms with Crippen LogP contribution >= 0.6 is 0 Å². The smallest absolute Gasteiger partial charge is 0.255 e. The molecule has 0 aromatic heterocycles. The number of rotatable bonds is 5. The monoisotopic (exact) mass is 400 g/mol. The number of nitrogens with one attached hydrogen (secondary N) is 1. The standard InChI is InChI=1S/C21H24N2O4S/c1-15-7-3-4-12-23(15)28(26,27)20-11-6-9-18(14-20)21(25)22-19-10-5-8-17(13-19)16(2)24/h5-6,8-11,13-15H,3-4,7,12H2,1-2H3,(H,22,25). The zero-order valence-corrected chi connectivity index (χ0v) is 16.8. The Morgan fingerprint density at radius 1 is 1.04 bits per heavy atom. The molecule has 1 aliphatic rings. The predicted molar refractivity (Wildman–Crippen MR) is 108 cm³/mol. The molecule has 1 fully saturated rings. The number of ketones is 1. The first kappa shape index (κ1) is 20.2. The molecule has 1 saturated heterocycles. The van der Waals surface area contributed by atoms with E-state index in [-0.39, 0.29) is 22.3 Å².